The highest BCUT2D eigenvalue weighted by molar-refractivity contribution is 5.85. The number of carboxylic acid groups (broad SMARTS) is 1. The van der Waals surface area contributed by atoms with Gasteiger partial charge in [-0.25, -0.2) is 0 Å². The van der Waals surface area contributed by atoms with Crippen molar-refractivity contribution in [2.24, 2.45) is 0 Å². The molecule has 2 rings (SSSR count). The van der Waals surface area contributed by atoms with E-state index in [2.05, 4.69) is 10.6 Å². The topological polar surface area (TPSA) is 95.5 Å². The van der Waals surface area contributed by atoms with Crippen LogP contribution in [0.25, 0.3) is 0 Å². The van der Waals surface area contributed by atoms with Gasteiger partial charge in [0.15, 0.2) is 0 Å². The average molecular weight is 368 g/mol. The normalized spacial score (nSPS) is 11.4. The van der Waals surface area contributed by atoms with Crippen LogP contribution in [-0.4, -0.2) is 35.5 Å². The molecule has 27 heavy (non-hydrogen) atoms. The lowest BCUT2D eigenvalue weighted by Gasteiger charge is -2.18. The molecule has 0 aromatic heterocycles. The predicted molar refractivity (Wildman–Crippen MR) is 102 cm³/mol. The van der Waals surface area contributed by atoms with Crippen LogP contribution in [0.1, 0.15) is 24.0 Å². The first-order valence-electron chi connectivity index (χ1n) is 8.88. The Bertz CT molecular complexity index is 747. The fourth-order valence-corrected chi connectivity index (χ4v) is 2.72. The van der Waals surface area contributed by atoms with Crippen LogP contribution < -0.4 is 10.6 Å². The smallest absolute Gasteiger partial charge is 0.303 e. The quantitative estimate of drug-likeness (QED) is 0.597. The molecule has 0 spiro atoms. The van der Waals surface area contributed by atoms with Crippen molar-refractivity contribution in [1.29, 1.82) is 0 Å². The molecule has 0 aliphatic heterocycles. The van der Waals surface area contributed by atoms with Gasteiger partial charge in [-0.05, 0) is 24.0 Å². The van der Waals surface area contributed by atoms with Crippen molar-refractivity contribution in [1.82, 2.24) is 10.6 Å². The number of amides is 2. The fourth-order valence-electron chi connectivity index (χ4n) is 2.72. The van der Waals surface area contributed by atoms with Crippen molar-refractivity contribution >= 4 is 17.8 Å². The molecule has 1 unspecified atom stereocenters. The average Bonchev–Trinajstić information content (AvgIpc) is 2.66. The number of rotatable bonds is 10. The molecule has 0 aliphatic rings. The van der Waals surface area contributed by atoms with Crippen LogP contribution in [0, 0.1) is 0 Å². The summed E-state index contributed by atoms with van der Waals surface area (Å²) in [4.78, 5) is 35.0. The second kappa shape index (κ2) is 10.8. The molecular weight excluding hydrogens is 344 g/mol. The van der Waals surface area contributed by atoms with Crippen LogP contribution in [0.2, 0.25) is 0 Å². The van der Waals surface area contributed by atoms with Gasteiger partial charge >= 0.3 is 5.97 Å². The van der Waals surface area contributed by atoms with Gasteiger partial charge in [0.1, 0.15) is 0 Å². The van der Waals surface area contributed by atoms with E-state index in [-0.39, 0.29) is 37.2 Å². The number of aliphatic carboxylic acids is 1. The maximum Gasteiger partial charge on any atom is 0.303 e. The summed E-state index contributed by atoms with van der Waals surface area (Å²) in [5.74, 6) is -1.47. The van der Waals surface area contributed by atoms with Crippen LogP contribution in [0.3, 0.4) is 0 Å². The molecule has 0 bridgehead atoms. The lowest BCUT2D eigenvalue weighted by Crippen LogP contribution is -2.43. The van der Waals surface area contributed by atoms with E-state index in [1.165, 1.54) is 0 Å². The largest absolute Gasteiger partial charge is 0.481 e. The SMILES string of the molecule is O=C(O)CCC(Cc1ccccc1)NC(=O)CNC(=O)Cc1ccccc1. The zero-order valence-corrected chi connectivity index (χ0v) is 15.1. The molecule has 0 saturated carbocycles. The second-order valence-corrected chi connectivity index (χ2v) is 6.33. The van der Waals surface area contributed by atoms with Crippen molar-refractivity contribution in [2.75, 3.05) is 6.54 Å². The summed E-state index contributed by atoms with van der Waals surface area (Å²) in [5, 5.41) is 14.3. The Balaban J connectivity index is 1.82. The van der Waals surface area contributed by atoms with Crippen molar-refractivity contribution in [3.8, 4) is 0 Å². The molecule has 0 aliphatic carbocycles. The Morgan fingerprint density at radius 3 is 2.04 bits per heavy atom. The molecule has 6 heteroatoms. The van der Waals surface area contributed by atoms with E-state index in [1.54, 1.807) is 0 Å². The first-order valence-corrected chi connectivity index (χ1v) is 8.88. The first-order chi connectivity index (χ1) is 13.0. The highest BCUT2D eigenvalue weighted by atomic mass is 16.4. The summed E-state index contributed by atoms with van der Waals surface area (Å²) in [5.41, 5.74) is 1.89. The molecule has 0 saturated heterocycles. The van der Waals surface area contributed by atoms with E-state index in [0.29, 0.717) is 12.8 Å². The molecule has 0 radical (unpaired) electrons. The maximum atomic E-state index is 12.2. The Morgan fingerprint density at radius 2 is 1.44 bits per heavy atom. The number of carbonyl (C=O) groups excluding carboxylic acids is 2. The van der Waals surface area contributed by atoms with Gasteiger partial charge < -0.3 is 15.7 Å². The summed E-state index contributed by atoms with van der Waals surface area (Å²) in [6, 6.07) is 18.5. The predicted octanol–water partition coefficient (Wildman–Crippen LogP) is 1.94. The zero-order chi connectivity index (χ0) is 19.5. The molecule has 1 atom stereocenters. The third-order valence-corrected chi connectivity index (χ3v) is 4.05. The van der Waals surface area contributed by atoms with E-state index in [9.17, 15) is 14.4 Å². The number of carboxylic acids is 1. The highest BCUT2D eigenvalue weighted by Crippen LogP contribution is 2.08. The molecule has 0 heterocycles. The minimum Gasteiger partial charge on any atom is -0.481 e. The summed E-state index contributed by atoms with van der Waals surface area (Å²) < 4.78 is 0. The fraction of sp³-hybridized carbons (Fsp3) is 0.286. The first kappa shape index (κ1) is 20.2. The van der Waals surface area contributed by atoms with E-state index in [0.717, 1.165) is 11.1 Å². The van der Waals surface area contributed by atoms with Crippen LogP contribution in [0.4, 0.5) is 0 Å². The number of nitrogens with one attached hydrogen (secondary N) is 2. The molecule has 0 fully saturated rings. The van der Waals surface area contributed by atoms with E-state index < -0.39 is 5.97 Å². The van der Waals surface area contributed by atoms with Gasteiger partial charge in [-0.2, -0.15) is 0 Å². The van der Waals surface area contributed by atoms with Crippen LogP contribution in [-0.2, 0) is 27.2 Å². The minimum atomic E-state index is -0.904. The van der Waals surface area contributed by atoms with Crippen molar-refractivity contribution in [3.05, 3.63) is 71.8 Å². The van der Waals surface area contributed by atoms with Crippen LogP contribution in [0.5, 0.6) is 0 Å². The van der Waals surface area contributed by atoms with Gasteiger partial charge in [-0.15, -0.1) is 0 Å². The van der Waals surface area contributed by atoms with E-state index in [1.807, 2.05) is 60.7 Å². The van der Waals surface area contributed by atoms with Gasteiger partial charge in [0.05, 0.1) is 13.0 Å². The molecule has 2 amide bonds. The van der Waals surface area contributed by atoms with Gasteiger partial charge in [0, 0.05) is 12.5 Å². The van der Waals surface area contributed by atoms with Crippen LogP contribution in [0.15, 0.2) is 60.7 Å². The number of carbonyl (C=O) groups is 3. The van der Waals surface area contributed by atoms with E-state index in [4.69, 9.17) is 5.11 Å². The van der Waals surface area contributed by atoms with Gasteiger partial charge in [0.25, 0.3) is 0 Å². The second-order valence-electron chi connectivity index (χ2n) is 6.33. The third kappa shape index (κ3) is 8.18. The van der Waals surface area contributed by atoms with Crippen molar-refractivity contribution < 1.29 is 19.5 Å². The zero-order valence-electron chi connectivity index (χ0n) is 15.1. The van der Waals surface area contributed by atoms with E-state index >= 15 is 0 Å². The minimum absolute atomic E-state index is 0.0296. The van der Waals surface area contributed by atoms with Gasteiger partial charge in [-0.3, -0.25) is 14.4 Å². The standard InChI is InChI=1S/C21H24N2O4/c24-19(14-17-9-5-2-6-10-17)22-15-20(25)23-18(11-12-21(26)27)13-16-7-3-1-4-8-16/h1-10,18H,11-15H2,(H,22,24)(H,23,25)(H,26,27). The molecule has 2 aromatic rings. The lowest BCUT2D eigenvalue weighted by molar-refractivity contribution is -0.137. The molecule has 2 aromatic carbocycles. The van der Waals surface area contributed by atoms with Crippen molar-refractivity contribution in [2.45, 2.75) is 31.7 Å². The third-order valence-electron chi connectivity index (χ3n) is 4.05. The number of hydrogen-bond acceptors (Lipinski definition) is 3. The van der Waals surface area contributed by atoms with Crippen LogP contribution >= 0.6 is 0 Å². The monoisotopic (exact) mass is 368 g/mol. The Hall–Kier alpha value is -3.15. The maximum absolute atomic E-state index is 12.2. The highest BCUT2D eigenvalue weighted by Gasteiger charge is 2.15. The summed E-state index contributed by atoms with van der Waals surface area (Å²) in [6.07, 6.45) is 1.05. The molecule has 6 nitrogen and oxygen atoms in total. The summed E-state index contributed by atoms with van der Waals surface area (Å²) in [7, 11) is 0. The molecular formula is C21H24N2O4. The molecule has 142 valence electrons. The number of hydrogen-bond donors (Lipinski definition) is 3. The Kier molecular flexibility index (Phi) is 8.03. The number of benzene rings is 2. The van der Waals surface area contributed by atoms with Crippen molar-refractivity contribution in [3.63, 3.8) is 0 Å². The van der Waals surface area contributed by atoms with Gasteiger partial charge in [-0.1, -0.05) is 60.7 Å². The molecule has 3 N–H and O–H groups in total. The van der Waals surface area contributed by atoms with Gasteiger partial charge in [0.2, 0.25) is 11.8 Å². The summed E-state index contributed by atoms with van der Waals surface area (Å²) in [6.45, 7) is -0.135. The lowest BCUT2D eigenvalue weighted by atomic mass is 10.0. The summed E-state index contributed by atoms with van der Waals surface area (Å²) >= 11 is 0. The Morgan fingerprint density at radius 1 is 0.852 bits per heavy atom. The Labute approximate surface area is 158 Å².